The second-order valence-corrected chi connectivity index (χ2v) is 6.81. The smallest absolute Gasteiger partial charge is 0.258 e. The van der Waals surface area contributed by atoms with Crippen LogP contribution in [0.1, 0.15) is 27.3 Å². The van der Waals surface area contributed by atoms with Crippen molar-refractivity contribution >= 4 is 27.5 Å². The average Bonchev–Trinajstić information content (AvgIpc) is 2.96. The second kappa shape index (κ2) is 5.91. The molecule has 1 amide bonds. The summed E-state index contributed by atoms with van der Waals surface area (Å²) in [6.07, 6.45) is 3.81. The number of amides is 1. The second-order valence-electron chi connectivity index (χ2n) is 5.95. The first-order valence-electron chi connectivity index (χ1n) is 7.79. The molecule has 0 spiro atoms. The van der Waals surface area contributed by atoms with Gasteiger partial charge in [-0.15, -0.1) is 0 Å². The van der Waals surface area contributed by atoms with Gasteiger partial charge >= 0.3 is 0 Å². The predicted octanol–water partition coefficient (Wildman–Crippen LogP) is 4.16. The van der Waals surface area contributed by atoms with Gasteiger partial charge in [-0.2, -0.15) is 0 Å². The Morgan fingerprint density at radius 1 is 1.17 bits per heavy atom. The quantitative estimate of drug-likeness (QED) is 0.634. The van der Waals surface area contributed by atoms with E-state index in [0.29, 0.717) is 18.7 Å². The molecule has 2 aromatic heterocycles. The van der Waals surface area contributed by atoms with Crippen molar-refractivity contribution < 1.29 is 4.79 Å². The number of rotatable bonds is 1. The van der Waals surface area contributed by atoms with Gasteiger partial charge in [-0.05, 0) is 55.0 Å². The fourth-order valence-electron chi connectivity index (χ4n) is 3.07. The lowest BCUT2D eigenvalue weighted by Crippen LogP contribution is -2.30. The third kappa shape index (κ3) is 2.55. The van der Waals surface area contributed by atoms with Crippen LogP contribution < -0.4 is 4.90 Å². The molecule has 0 fully saturated rings. The zero-order valence-corrected chi connectivity index (χ0v) is 14.8. The van der Waals surface area contributed by atoms with Crippen molar-refractivity contribution in [2.24, 2.45) is 0 Å². The summed E-state index contributed by atoms with van der Waals surface area (Å²) in [6, 6.07) is 13.6. The van der Waals surface area contributed by atoms with Crippen LogP contribution in [-0.2, 0) is 13.1 Å². The molecule has 120 valence electrons. The molecule has 0 atom stereocenters. The highest BCUT2D eigenvalue weighted by Crippen LogP contribution is 2.28. The number of fused-ring (bicyclic) bond motifs is 2. The highest BCUT2D eigenvalue weighted by Gasteiger charge is 2.25. The number of halogens is 1. The molecule has 1 aliphatic rings. The monoisotopic (exact) mass is 381 g/mol. The number of aryl methyl sites for hydroxylation is 1. The average molecular weight is 382 g/mol. The number of hydrogen-bond acceptors (Lipinski definition) is 2. The number of aromatic nitrogens is 2. The molecule has 24 heavy (non-hydrogen) atoms. The summed E-state index contributed by atoms with van der Waals surface area (Å²) in [5.74, 6) is -0.00509. The summed E-state index contributed by atoms with van der Waals surface area (Å²) in [7, 11) is 0. The molecule has 0 radical (unpaired) electrons. The molecule has 4 rings (SSSR count). The Labute approximate surface area is 148 Å². The van der Waals surface area contributed by atoms with Gasteiger partial charge < -0.3 is 9.47 Å². The third-order valence-electron chi connectivity index (χ3n) is 4.37. The fourth-order valence-corrected chi connectivity index (χ4v) is 3.31. The maximum absolute atomic E-state index is 13.2. The summed E-state index contributed by atoms with van der Waals surface area (Å²) in [5.41, 5.74) is 4.63. The molecule has 0 saturated carbocycles. The molecular weight excluding hydrogens is 366 g/mol. The van der Waals surface area contributed by atoms with E-state index < -0.39 is 0 Å². The lowest BCUT2D eigenvalue weighted by molar-refractivity contribution is 0.0984. The van der Waals surface area contributed by atoms with Crippen LogP contribution in [0.4, 0.5) is 5.69 Å². The topological polar surface area (TPSA) is 38.1 Å². The van der Waals surface area contributed by atoms with Crippen LogP contribution in [0, 0.1) is 6.92 Å². The Balaban J connectivity index is 1.81. The molecule has 1 aromatic carbocycles. The van der Waals surface area contributed by atoms with E-state index in [4.69, 9.17) is 0 Å². The van der Waals surface area contributed by atoms with Crippen molar-refractivity contribution in [1.82, 2.24) is 9.55 Å². The summed E-state index contributed by atoms with van der Waals surface area (Å²) >= 11 is 3.49. The van der Waals surface area contributed by atoms with E-state index in [1.54, 1.807) is 6.20 Å². The zero-order chi connectivity index (χ0) is 16.7. The Morgan fingerprint density at radius 2 is 2.04 bits per heavy atom. The standard InChI is InChI=1S/C19H16BrN3O/c1-13-10-14(6-7-16(13)20)19(24)23-11-15-4-3-9-22(15)12-17-18(23)5-2-8-21-17/h2-10H,11-12H2,1H3. The Kier molecular flexibility index (Phi) is 3.73. The molecule has 0 N–H and O–H groups in total. The van der Waals surface area contributed by atoms with E-state index in [1.165, 1.54) is 0 Å². The van der Waals surface area contributed by atoms with Gasteiger partial charge in [-0.25, -0.2) is 0 Å². The minimum absolute atomic E-state index is 0.00509. The predicted molar refractivity (Wildman–Crippen MR) is 97.2 cm³/mol. The van der Waals surface area contributed by atoms with Crippen molar-refractivity contribution in [2.75, 3.05) is 4.90 Å². The van der Waals surface area contributed by atoms with Gasteiger partial charge in [0.05, 0.1) is 24.5 Å². The summed E-state index contributed by atoms with van der Waals surface area (Å²) in [5, 5.41) is 0. The fraction of sp³-hybridized carbons (Fsp3) is 0.158. The molecule has 0 unspecified atom stereocenters. The zero-order valence-electron chi connectivity index (χ0n) is 13.2. The van der Waals surface area contributed by atoms with Crippen LogP contribution in [0.5, 0.6) is 0 Å². The van der Waals surface area contributed by atoms with Crippen LogP contribution in [0.2, 0.25) is 0 Å². The Hall–Kier alpha value is -2.40. The summed E-state index contributed by atoms with van der Waals surface area (Å²) in [4.78, 5) is 19.5. The van der Waals surface area contributed by atoms with Crippen LogP contribution in [-0.4, -0.2) is 15.5 Å². The third-order valence-corrected chi connectivity index (χ3v) is 5.26. The van der Waals surface area contributed by atoms with Gasteiger partial charge in [-0.3, -0.25) is 9.78 Å². The van der Waals surface area contributed by atoms with E-state index in [1.807, 2.05) is 54.4 Å². The van der Waals surface area contributed by atoms with Crippen LogP contribution in [0.15, 0.2) is 59.3 Å². The molecule has 3 heterocycles. The summed E-state index contributed by atoms with van der Waals surface area (Å²) in [6.45, 7) is 3.21. The number of hydrogen-bond donors (Lipinski definition) is 0. The van der Waals surface area contributed by atoms with Gasteiger partial charge in [0.2, 0.25) is 0 Å². The number of carbonyl (C=O) groups is 1. The lowest BCUT2D eigenvalue weighted by Gasteiger charge is -2.22. The van der Waals surface area contributed by atoms with Gasteiger partial charge in [0, 0.05) is 28.1 Å². The maximum atomic E-state index is 13.2. The first-order valence-corrected chi connectivity index (χ1v) is 8.59. The van der Waals surface area contributed by atoms with Crippen molar-refractivity contribution in [3.63, 3.8) is 0 Å². The van der Waals surface area contributed by atoms with E-state index in [9.17, 15) is 4.79 Å². The molecule has 5 heteroatoms. The number of anilines is 1. The molecule has 1 aliphatic heterocycles. The first-order chi connectivity index (χ1) is 11.6. The van der Waals surface area contributed by atoms with Gasteiger partial charge in [0.25, 0.3) is 5.91 Å². The highest BCUT2D eigenvalue weighted by molar-refractivity contribution is 9.10. The van der Waals surface area contributed by atoms with Crippen molar-refractivity contribution in [1.29, 1.82) is 0 Å². The van der Waals surface area contributed by atoms with Crippen molar-refractivity contribution in [2.45, 2.75) is 20.0 Å². The Bertz CT molecular complexity index is 932. The minimum atomic E-state index is -0.00509. The van der Waals surface area contributed by atoms with Crippen molar-refractivity contribution in [3.05, 3.63) is 81.8 Å². The first kappa shape index (κ1) is 15.1. The van der Waals surface area contributed by atoms with E-state index >= 15 is 0 Å². The molecule has 0 aliphatic carbocycles. The van der Waals surface area contributed by atoms with Crippen LogP contribution >= 0.6 is 15.9 Å². The Morgan fingerprint density at radius 3 is 2.88 bits per heavy atom. The molecule has 4 nitrogen and oxygen atoms in total. The van der Waals surface area contributed by atoms with Crippen molar-refractivity contribution in [3.8, 4) is 0 Å². The normalized spacial score (nSPS) is 13.2. The van der Waals surface area contributed by atoms with Crippen LogP contribution in [0.25, 0.3) is 0 Å². The SMILES string of the molecule is Cc1cc(C(=O)N2Cc3cccn3Cc3ncccc32)ccc1Br. The van der Waals surface area contributed by atoms with Gasteiger partial charge in [0.1, 0.15) is 0 Å². The molecular formula is C19H16BrN3O. The van der Waals surface area contributed by atoms with E-state index in [-0.39, 0.29) is 5.91 Å². The number of benzene rings is 1. The highest BCUT2D eigenvalue weighted by atomic mass is 79.9. The number of nitrogens with zero attached hydrogens (tertiary/aromatic N) is 3. The minimum Gasteiger partial charge on any atom is -0.344 e. The number of pyridine rings is 1. The maximum Gasteiger partial charge on any atom is 0.258 e. The summed E-state index contributed by atoms with van der Waals surface area (Å²) < 4.78 is 3.15. The van der Waals surface area contributed by atoms with E-state index in [0.717, 1.165) is 27.1 Å². The molecule has 3 aromatic rings. The lowest BCUT2D eigenvalue weighted by atomic mass is 10.1. The molecule has 0 saturated heterocycles. The largest absolute Gasteiger partial charge is 0.344 e. The van der Waals surface area contributed by atoms with Crippen LogP contribution in [0.3, 0.4) is 0 Å². The number of carbonyl (C=O) groups excluding carboxylic acids is 1. The van der Waals surface area contributed by atoms with E-state index in [2.05, 4.69) is 31.5 Å². The molecule has 0 bridgehead atoms. The van der Waals surface area contributed by atoms with Gasteiger partial charge in [0.15, 0.2) is 0 Å². The van der Waals surface area contributed by atoms with Gasteiger partial charge in [-0.1, -0.05) is 15.9 Å².